The van der Waals surface area contributed by atoms with Crippen LogP contribution in [0.1, 0.15) is 0 Å². The Morgan fingerprint density at radius 1 is 0.667 bits per heavy atom. The predicted octanol–water partition coefficient (Wildman–Crippen LogP) is 1.42. The number of nitrogens with zero attached hydrogens (tertiary/aromatic N) is 2. The second-order valence-corrected chi connectivity index (χ2v) is 3.50. The Morgan fingerprint density at radius 3 is 1.20 bits per heavy atom. The lowest BCUT2D eigenvalue weighted by Crippen LogP contribution is -2.26. The van der Waals surface area contributed by atoms with Gasteiger partial charge in [-0.15, -0.1) is 12.4 Å². The van der Waals surface area contributed by atoms with Gasteiger partial charge in [0.15, 0.2) is 24.8 Å². The lowest BCUT2D eigenvalue weighted by atomic mass is 10.1. The molecule has 0 radical (unpaired) electrons. The van der Waals surface area contributed by atoms with Crippen molar-refractivity contribution in [3.8, 4) is 11.1 Å². The minimum Gasteiger partial charge on any atom is -0.208 e. The van der Waals surface area contributed by atoms with Crippen LogP contribution in [-0.4, -0.2) is 0 Å². The first kappa shape index (κ1) is 11.7. The molecule has 0 fully saturated rings. The molecule has 2 aromatic rings. The van der Waals surface area contributed by atoms with Crippen LogP contribution in [-0.2, 0) is 14.1 Å². The summed E-state index contributed by atoms with van der Waals surface area (Å²) in [6.07, 6.45) is 8.23. The molecule has 0 N–H and O–H groups in total. The molecule has 0 aliphatic carbocycles. The lowest BCUT2D eigenvalue weighted by Gasteiger charge is -1.97. The highest BCUT2D eigenvalue weighted by Crippen LogP contribution is 2.14. The van der Waals surface area contributed by atoms with E-state index in [1.54, 1.807) is 0 Å². The third-order valence-corrected chi connectivity index (χ3v) is 2.29. The molecule has 78 valence electrons. The monoisotopic (exact) mass is 222 g/mol. The zero-order valence-corrected chi connectivity index (χ0v) is 9.74. The Balaban J connectivity index is 0.00000112. The van der Waals surface area contributed by atoms with E-state index >= 15 is 0 Å². The van der Waals surface area contributed by atoms with Gasteiger partial charge in [0.2, 0.25) is 0 Å². The van der Waals surface area contributed by atoms with Gasteiger partial charge in [0.05, 0.1) is 0 Å². The molecule has 2 aromatic heterocycles. The van der Waals surface area contributed by atoms with E-state index in [4.69, 9.17) is 0 Å². The van der Waals surface area contributed by atoms with Crippen molar-refractivity contribution in [2.75, 3.05) is 0 Å². The van der Waals surface area contributed by atoms with Gasteiger partial charge >= 0.3 is 0 Å². The first-order chi connectivity index (χ1) is 6.75. The summed E-state index contributed by atoms with van der Waals surface area (Å²) in [6, 6.07) is 8.48. The topological polar surface area (TPSA) is 7.76 Å². The van der Waals surface area contributed by atoms with Crippen molar-refractivity contribution in [1.29, 1.82) is 0 Å². The Hall–Kier alpha value is -1.41. The third-order valence-electron chi connectivity index (χ3n) is 2.29. The molecule has 0 amide bonds. The molecular weight excluding hydrogens is 208 g/mol. The highest BCUT2D eigenvalue weighted by molar-refractivity contribution is 5.85. The number of hydrogen-bond acceptors (Lipinski definition) is 0. The van der Waals surface area contributed by atoms with Gasteiger partial charge in [0.1, 0.15) is 14.1 Å². The van der Waals surface area contributed by atoms with Gasteiger partial charge in [0.25, 0.3) is 0 Å². The van der Waals surface area contributed by atoms with Crippen molar-refractivity contribution >= 4 is 12.4 Å². The Bertz CT molecular complexity index is 377. The SMILES string of the molecule is C[n+]1ccc(-c2cc[n+](C)cc2)cc1.Cl. The molecule has 2 heterocycles. The summed E-state index contributed by atoms with van der Waals surface area (Å²) in [5.74, 6) is 0. The van der Waals surface area contributed by atoms with E-state index in [1.807, 2.05) is 23.2 Å². The van der Waals surface area contributed by atoms with Crippen LogP contribution in [0.3, 0.4) is 0 Å². The molecule has 2 nitrogen and oxygen atoms in total. The summed E-state index contributed by atoms with van der Waals surface area (Å²) < 4.78 is 4.07. The van der Waals surface area contributed by atoms with Gasteiger partial charge in [-0.25, -0.2) is 9.13 Å². The molecule has 2 rings (SSSR count). The van der Waals surface area contributed by atoms with Crippen LogP contribution in [0.5, 0.6) is 0 Å². The Labute approximate surface area is 96.2 Å². The molecule has 0 aliphatic heterocycles. The van der Waals surface area contributed by atoms with E-state index in [-0.39, 0.29) is 12.4 Å². The van der Waals surface area contributed by atoms with Crippen LogP contribution in [0.2, 0.25) is 0 Å². The number of hydrogen-bond donors (Lipinski definition) is 0. The molecule has 0 aliphatic rings. The van der Waals surface area contributed by atoms with E-state index in [0.29, 0.717) is 0 Å². The highest BCUT2D eigenvalue weighted by Gasteiger charge is 2.00. The fourth-order valence-electron chi connectivity index (χ4n) is 1.39. The van der Waals surface area contributed by atoms with Crippen molar-refractivity contribution in [1.82, 2.24) is 0 Å². The number of pyridine rings is 2. The van der Waals surface area contributed by atoms with Gasteiger partial charge in [-0.2, -0.15) is 0 Å². The van der Waals surface area contributed by atoms with E-state index in [2.05, 4.69) is 49.1 Å². The van der Waals surface area contributed by atoms with Crippen molar-refractivity contribution in [3.63, 3.8) is 0 Å². The van der Waals surface area contributed by atoms with E-state index < -0.39 is 0 Å². The summed E-state index contributed by atoms with van der Waals surface area (Å²) in [7, 11) is 4.05. The number of aryl methyl sites for hydroxylation is 2. The average molecular weight is 223 g/mol. The molecule has 0 spiro atoms. The fourth-order valence-corrected chi connectivity index (χ4v) is 1.39. The standard InChI is InChI=1S/C12H14N2.ClH/c1-13-7-3-11(4-8-13)12-5-9-14(2)10-6-12;/h3-10H,1-2H3;1H/q+2;. The van der Waals surface area contributed by atoms with Gasteiger partial charge in [-0.05, 0) is 11.1 Å². The van der Waals surface area contributed by atoms with E-state index in [1.165, 1.54) is 11.1 Å². The lowest BCUT2D eigenvalue weighted by molar-refractivity contribution is -0.671. The molecular formula is C12H15ClN2+2. The van der Waals surface area contributed by atoms with Crippen molar-refractivity contribution in [2.45, 2.75) is 0 Å². The predicted molar refractivity (Wildman–Crippen MR) is 61.5 cm³/mol. The molecule has 15 heavy (non-hydrogen) atoms. The third kappa shape index (κ3) is 2.77. The second kappa shape index (κ2) is 4.89. The van der Waals surface area contributed by atoms with Crippen LogP contribution in [0.25, 0.3) is 11.1 Å². The van der Waals surface area contributed by atoms with Crippen LogP contribution in [0.15, 0.2) is 49.1 Å². The summed E-state index contributed by atoms with van der Waals surface area (Å²) in [5, 5.41) is 0. The molecule has 0 unspecified atom stereocenters. The first-order valence-corrected chi connectivity index (χ1v) is 4.67. The van der Waals surface area contributed by atoms with Crippen LogP contribution in [0.4, 0.5) is 0 Å². The normalized spacial score (nSPS) is 9.47. The molecule has 0 saturated heterocycles. The summed E-state index contributed by atoms with van der Waals surface area (Å²) in [5.41, 5.74) is 2.51. The zero-order chi connectivity index (χ0) is 9.97. The molecule has 3 heteroatoms. The molecule has 0 atom stereocenters. The second-order valence-electron chi connectivity index (χ2n) is 3.50. The maximum atomic E-state index is 2.12. The van der Waals surface area contributed by atoms with E-state index in [9.17, 15) is 0 Å². The minimum atomic E-state index is 0. The molecule has 0 saturated carbocycles. The first-order valence-electron chi connectivity index (χ1n) is 4.67. The number of rotatable bonds is 1. The van der Waals surface area contributed by atoms with Gasteiger partial charge in [-0.3, -0.25) is 0 Å². The Kier molecular flexibility index (Phi) is 3.81. The number of halogens is 1. The average Bonchev–Trinajstić information content (AvgIpc) is 2.21. The van der Waals surface area contributed by atoms with Gasteiger partial charge in [0, 0.05) is 24.3 Å². The van der Waals surface area contributed by atoms with Crippen LogP contribution < -0.4 is 9.13 Å². The summed E-state index contributed by atoms with van der Waals surface area (Å²) in [4.78, 5) is 0. The van der Waals surface area contributed by atoms with Crippen molar-refractivity contribution in [2.24, 2.45) is 14.1 Å². The van der Waals surface area contributed by atoms with E-state index in [0.717, 1.165) is 0 Å². The molecule has 0 bridgehead atoms. The Morgan fingerprint density at radius 2 is 0.933 bits per heavy atom. The summed E-state index contributed by atoms with van der Waals surface area (Å²) >= 11 is 0. The maximum Gasteiger partial charge on any atom is 0.169 e. The number of aromatic nitrogens is 2. The van der Waals surface area contributed by atoms with Crippen LogP contribution in [0, 0.1) is 0 Å². The fraction of sp³-hybridized carbons (Fsp3) is 0.167. The van der Waals surface area contributed by atoms with Crippen molar-refractivity contribution < 1.29 is 9.13 Å². The quantitative estimate of drug-likeness (QED) is 0.645. The van der Waals surface area contributed by atoms with Gasteiger partial charge in [-0.1, -0.05) is 0 Å². The summed E-state index contributed by atoms with van der Waals surface area (Å²) in [6.45, 7) is 0. The van der Waals surface area contributed by atoms with Gasteiger partial charge < -0.3 is 0 Å². The van der Waals surface area contributed by atoms with Crippen LogP contribution >= 0.6 is 12.4 Å². The maximum absolute atomic E-state index is 2.12. The smallest absolute Gasteiger partial charge is 0.169 e. The molecule has 0 aromatic carbocycles. The highest BCUT2D eigenvalue weighted by atomic mass is 35.5. The largest absolute Gasteiger partial charge is 0.208 e. The zero-order valence-electron chi connectivity index (χ0n) is 8.92. The minimum absolute atomic E-state index is 0. The van der Waals surface area contributed by atoms with Crippen molar-refractivity contribution in [3.05, 3.63) is 49.1 Å².